The normalized spacial score (nSPS) is 32.0. The zero-order chi connectivity index (χ0) is 18.9. The Kier molecular flexibility index (Phi) is 5.41. The molecule has 27 heavy (non-hydrogen) atoms. The first-order valence-electron chi connectivity index (χ1n) is 10.2. The molecule has 0 amide bonds. The highest BCUT2D eigenvalue weighted by atomic mass is 16.5. The maximum atomic E-state index is 9.80. The summed E-state index contributed by atoms with van der Waals surface area (Å²) < 4.78 is 10.6. The number of nitrogens with zero attached hydrogens (tertiary/aromatic N) is 4. The van der Waals surface area contributed by atoms with Gasteiger partial charge in [0.15, 0.2) is 0 Å². The van der Waals surface area contributed by atoms with Gasteiger partial charge in [-0.25, -0.2) is 0 Å². The number of ether oxygens (including phenoxy) is 2. The lowest BCUT2D eigenvalue weighted by atomic mass is 9.79. The standard InChI is InChI=1S/C20H32N4O3/c1-26-17-12-18(27-2)22-19(21-17)24-10-3-8-20(14-24)9-11-23(13-20)15-4-6-16(25)7-5-15/h12,15-16,25H,3-11,13-14H2,1-2H3/t15?,16?,20-/m1/s1. The molecule has 0 unspecified atom stereocenters. The summed E-state index contributed by atoms with van der Waals surface area (Å²) in [7, 11) is 3.25. The molecule has 150 valence electrons. The fourth-order valence-corrected chi connectivity index (χ4v) is 5.16. The first-order valence-corrected chi connectivity index (χ1v) is 10.2. The van der Waals surface area contributed by atoms with Crippen LogP contribution in [0, 0.1) is 5.41 Å². The third-order valence-electron chi connectivity index (χ3n) is 6.68. The predicted octanol–water partition coefficient (Wildman–Crippen LogP) is 2.09. The number of likely N-dealkylation sites (tertiary alicyclic amines) is 1. The quantitative estimate of drug-likeness (QED) is 0.863. The van der Waals surface area contributed by atoms with Crippen LogP contribution in [0.3, 0.4) is 0 Å². The van der Waals surface area contributed by atoms with Gasteiger partial charge in [0, 0.05) is 31.1 Å². The van der Waals surface area contributed by atoms with Crippen molar-refractivity contribution in [3.63, 3.8) is 0 Å². The van der Waals surface area contributed by atoms with Gasteiger partial charge in [0.05, 0.1) is 26.4 Å². The van der Waals surface area contributed by atoms with Crippen LogP contribution in [0.5, 0.6) is 11.8 Å². The van der Waals surface area contributed by atoms with Gasteiger partial charge < -0.3 is 19.5 Å². The molecule has 3 heterocycles. The molecule has 0 bridgehead atoms. The van der Waals surface area contributed by atoms with E-state index in [0.717, 1.165) is 45.3 Å². The molecule has 1 aliphatic carbocycles. The SMILES string of the molecule is COc1cc(OC)nc(N2CCC[C@]3(CCN(C4CCC(O)CC4)C3)C2)n1. The highest BCUT2D eigenvalue weighted by molar-refractivity contribution is 5.38. The van der Waals surface area contributed by atoms with Gasteiger partial charge in [0.25, 0.3) is 0 Å². The number of methoxy groups -OCH3 is 2. The summed E-state index contributed by atoms with van der Waals surface area (Å²) in [6, 6.07) is 2.37. The number of rotatable bonds is 4. The van der Waals surface area contributed by atoms with Crippen molar-refractivity contribution in [3.8, 4) is 11.8 Å². The summed E-state index contributed by atoms with van der Waals surface area (Å²) in [6.07, 6.45) is 7.78. The molecule has 7 heteroatoms. The minimum atomic E-state index is -0.0804. The van der Waals surface area contributed by atoms with E-state index in [0.29, 0.717) is 29.2 Å². The van der Waals surface area contributed by atoms with Gasteiger partial charge in [-0.15, -0.1) is 0 Å². The van der Waals surface area contributed by atoms with Gasteiger partial charge in [-0.05, 0) is 51.5 Å². The molecule has 3 aliphatic rings. The second-order valence-corrected chi connectivity index (χ2v) is 8.46. The smallest absolute Gasteiger partial charge is 0.231 e. The Morgan fingerprint density at radius 3 is 2.37 bits per heavy atom. The Bertz CT molecular complexity index is 628. The van der Waals surface area contributed by atoms with E-state index in [-0.39, 0.29) is 6.10 Å². The first-order chi connectivity index (χ1) is 13.1. The van der Waals surface area contributed by atoms with Crippen LogP contribution in [0.25, 0.3) is 0 Å². The summed E-state index contributed by atoms with van der Waals surface area (Å²) >= 11 is 0. The third kappa shape index (κ3) is 3.99. The minimum Gasteiger partial charge on any atom is -0.481 e. The molecule has 2 saturated heterocycles. The summed E-state index contributed by atoms with van der Waals surface area (Å²) in [5.41, 5.74) is 0.327. The van der Waals surface area contributed by atoms with E-state index in [9.17, 15) is 5.11 Å². The number of hydrogen-bond acceptors (Lipinski definition) is 7. The van der Waals surface area contributed by atoms with E-state index in [2.05, 4.69) is 19.8 Å². The number of piperidine rings is 1. The van der Waals surface area contributed by atoms with Crippen molar-refractivity contribution in [2.45, 2.75) is 57.1 Å². The lowest BCUT2D eigenvalue weighted by Gasteiger charge is -2.41. The van der Waals surface area contributed by atoms with Crippen LogP contribution >= 0.6 is 0 Å². The Hall–Kier alpha value is -1.60. The molecule has 1 aromatic heterocycles. The van der Waals surface area contributed by atoms with Crippen LogP contribution in [0.2, 0.25) is 0 Å². The fourth-order valence-electron chi connectivity index (χ4n) is 5.16. The maximum Gasteiger partial charge on any atom is 0.231 e. The molecule has 1 spiro atoms. The van der Waals surface area contributed by atoms with Gasteiger partial charge in [-0.1, -0.05) is 0 Å². The van der Waals surface area contributed by atoms with E-state index in [1.54, 1.807) is 20.3 Å². The molecule has 1 N–H and O–H groups in total. The largest absolute Gasteiger partial charge is 0.481 e. The molecular formula is C20H32N4O3. The summed E-state index contributed by atoms with van der Waals surface area (Å²) in [6.45, 7) is 4.31. The predicted molar refractivity (Wildman–Crippen MR) is 103 cm³/mol. The molecule has 3 fully saturated rings. The second kappa shape index (κ2) is 7.80. The van der Waals surface area contributed by atoms with E-state index in [4.69, 9.17) is 9.47 Å². The number of hydrogen-bond donors (Lipinski definition) is 1. The molecule has 1 saturated carbocycles. The lowest BCUT2D eigenvalue weighted by Crippen LogP contribution is -2.47. The monoisotopic (exact) mass is 376 g/mol. The Morgan fingerprint density at radius 2 is 1.70 bits per heavy atom. The highest BCUT2D eigenvalue weighted by Crippen LogP contribution is 2.42. The third-order valence-corrected chi connectivity index (χ3v) is 6.68. The summed E-state index contributed by atoms with van der Waals surface area (Å²) in [4.78, 5) is 14.1. The van der Waals surface area contributed by atoms with E-state index in [1.807, 2.05) is 0 Å². The molecule has 2 aliphatic heterocycles. The van der Waals surface area contributed by atoms with Crippen LogP contribution in [0.4, 0.5) is 5.95 Å². The van der Waals surface area contributed by atoms with Crippen molar-refractivity contribution in [2.24, 2.45) is 5.41 Å². The average molecular weight is 377 g/mol. The van der Waals surface area contributed by atoms with Crippen molar-refractivity contribution >= 4 is 5.95 Å². The van der Waals surface area contributed by atoms with Crippen molar-refractivity contribution in [2.75, 3.05) is 45.3 Å². The van der Waals surface area contributed by atoms with Gasteiger partial charge in [-0.2, -0.15) is 9.97 Å². The van der Waals surface area contributed by atoms with E-state index < -0.39 is 0 Å². The minimum absolute atomic E-state index is 0.0804. The van der Waals surface area contributed by atoms with Gasteiger partial charge in [0.2, 0.25) is 17.7 Å². The van der Waals surface area contributed by atoms with Gasteiger partial charge >= 0.3 is 0 Å². The molecule has 0 aromatic carbocycles. The van der Waals surface area contributed by atoms with Crippen LogP contribution in [0.1, 0.15) is 44.9 Å². The summed E-state index contributed by atoms with van der Waals surface area (Å²) in [5, 5.41) is 9.80. The zero-order valence-corrected chi connectivity index (χ0v) is 16.6. The van der Waals surface area contributed by atoms with E-state index in [1.165, 1.54) is 25.8 Å². The molecule has 1 atom stereocenters. The van der Waals surface area contributed by atoms with Crippen molar-refractivity contribution in [1.82, 2.24) is 14.9 Å². The highest BCUT2D eigenvalue weighted by Gasteiger charge is 2.44. The first kappa shape index (κ1) is 18.7. The molecular weight excluding hydrogens is 344 g/mol. The Labute approximate surface area is 161 Å². The lowest BCUT2D eigenvalue weighted by molar-refractivity contribution is 0.0770. The van der Waals surface area contributed by atoms with Crippen molar-refractivity contribution < 1.29 is 14.6 Å². The van der Waals surface area contributed by atoms with Crippen LogP contribution in [-0.4, -0.2) is 72.5 Å². The molecule has 0 radical (unpaired) electrons. The molecule has 7 nitrogen and oxygen atoms in total. The second-order valence-electron chi connectivity index (χ2n) is 8.46. The van der Waals surface area contributed by atoms with Crippen LogP contribution in [0.15, 0.2) is 6.07 Å². The summed E-state index contributed by atoms with van der Waals surface area (Å²) in [5.74, 6) is 1.81. The average Bonchev–Trinajstić information content (AvgIpc) is 3.11. The van der Waals surface area contributed by atoms with Gasteiger partial charge in [0.1, 0.15) is 0 Å². The Balaban J connectivity index is 1.45. The van der Waals surface area contributed by atoms with E-state index >= 15 is 0 Å². The number of aliphatic hydroxyl groups is 1. The molecule has 1 aromatic rings. The number of anilines is 1. The van der Waals surface area contributed by atoms with Crippen molar-refractivity contribution in [1.29, 1.82) is 0 Å². The fraction of sp³-hybridized carbons (Fsp3) is 0.800. The molecule has 4 rings (SSSR count). The number of aromatic nitrogens is 2. The van der Waals surface area contributed by atoms with Crippen molar-refractivity contribution in [3.05, 3.63) is 6.07 Å². The van der Waals surface area contributed by atoms with Crippen LogP contribution < -0.4 is 14.4 Å². The number of aliphatic hydroxyl groups excluding tert-OH is 1. The Morgan fingerprint density at radius 1 is 1.00 bits per heavy atom. The maximum absolute atomic E-state index is 9.80. The topological polar surface area (TPSA) is 71.0 Å². The van der Waals surface area contributed by atoms with Gasteiger partial charge in [-0.3, -0.25) is 4.90 Å². The zero-order valence-electron chi connectivity index (χ0n) is 16.6. The van der Waals surface area contributed by atoms with Crippen LogP contribution in [-0.2, 0) is 0 Å².